The molecule has 94 valence electrons. The normalized spacial score (nSPS) is 12.4. The molecule has 1 N–H and O–H groups in total. The summed E-state index contributed by atoms with van der Waals surface area (Å²) in [5.74, 6) is -0.337. The summed E-state index contributed by atoms with van der Waals surface area (Å²) in [6.07, 6.45) is 5.95. The van der Waals surface area contributed by atoms with Crippen molar-refractivity contribution in [2.75, 3.05) is 0 Å². The first-order valence-electron chi connectivity index (χ1n) is 6.52. The number of benzene rings is 1. The van der Waals surface area contributed by atoms with Gasteiger partial charge >= 0.3 is 5.97 Å². The molecule has 0 saturated carbocycles. The molecule has 1 rings (SSSR count). The molecule has 17 heavy (non-hydrogen) atoms. The minimum absolute atomic E-state index is 0.399. The van der Waals surface area contributed by atoms with E-state index in [1.807, 2.05) is 18.2 Å². The maximum Gasteiger partial charge on any atom is 0.335 e. The van der Waals surface area contributed by atoms with Crippen molar-refractivity contribution in [3.63, 3.8) is 0 Å². The second kappa shape index (κ2) is 7.10. The van der Waals surface area contributed by atoms with Gasteiger partial charge in [0.15, 0.2) is 0 Å². The van der Waals surface area contributed by atoms with E-state index in [9.17, 15) is 4.79 Å². The van der Waals surface area contributed by atoms with Gasteiger partial charge in [-0.1, -0.05) is 45.2 Å². The maximum absolute atomic E-state index is 10.9. The van der Waals surface area contributed by atoms with Crippen LogP contribution in [0.25, 0.3) is 0 Å². The molecule has 0 aliphatic heterocycles. The molecular formula is C15H22O2. The summed E-state index contributed by atoms with van der Waals surface area (Å²) in [5.41, 5.74) is 1.57. The quantitative estimate of drug-likeness (QED) is 0.707. The van der Waals surface area contributed by atoms with E-state index < -0.39 is 5.97 Å². The lowest BCUT2D eigenvalue weighted by molar-refractivity contribution is 0.0696. The van der Waals surface area contributed by atoms with E-state index >= 15 is 0 Å². The second-order valence-corrected chi connectivity index (χ2v) is 4.53. The third-order valence-electron chi connectivity index (χ3n) is 3.25. The predicted molar refractivity (Wildman–Crippen MR) is 70.6 cm³/mol. The zero-order chi connectivity index (χ0) is 12.7. The van der Waals surface area contributed by atoms with Crippen LogP contribution < -0.4 is 0 Å². The lowest BCUT2D eigenvalue weighted by atomic mass is 9.90. The van der Waals surface area contributed by atoms with Crippen LogP contribution in [0.4, 0.5) is 0 Å². The van der Waals surface area contributed by atoms with E-state index in [4.69, 9.17) is 5.11 Å². The number of carbonyl (C=O) groups is 1. The van der Waals surface area contributed by atoms with Gasteiger partial charge in [-0.2, -0.15) is 0 Å². The van der Waals surface area contributed by atoms with Gasteiger partial charge in [0, 0.05) is 0 Å². The number of unbranched alkanes of at least 4 members (excludes halogenated alkanes) is 2. The molecule has 0 aliphatic carbocycles. The highest BCUT2D eigenvalue weighted by atomic mass is 16.4. The first kappa shape index (κ1) is 13.8. The van der Waals surface area contributed by atoms with E-state index in [-0.39, 0.29) is 0 Å². The minimum Gasteiger partial charge on any atom is -0.478 e. The van der Waals surface area contributed by atoms with Crippen LogP contribution in [0.15, 0.2) is 24.3 Å². The van der Waals surface area contributed by atoms with Gasteiger partial charge in [-0.05, 0) is 36.5 Å². The van der Waals surface area contributed by atoms with Crippen LogP contribution in [0.5, 0.6) is 0 Å². The fraction of sp³-hybridized carbons (Fsp3) is 0.533. The highest BCUT2D eigenvalue weighted by molar-refractivity contribution is 5.87. The summed E-state index contributed by atoms with van der Waals surface area (Å²) < 4.78 is 0. The van der Waals surface area contributed by atoms with Crippen LogP contribution in [-0.2, 0) is 0 Å². The van der Waals surface area contributed by atoms with Gasteiger partial charge in [-0.3, -0.25) is 0 Å². The topological polar surface area (TPSA) is 37.3 Å². The van der Waals surface area contributed by atoms with Gasteiger partial charge in [0.1, 0.15) is 0 Å². The van der Waals surface area contributed by atoms with Crippen LogP contribution in [-0.4, -0.2) is 11.1 Å². The molecule has 0 saturated heterocycles. The number of rotatable bonds is 7. The Balaban J connectivity index is 2.73. The van der Waals surface area contributed by atoms with Gasteiger partial charge in [0.05, 0.1) is 5.56 Å². The van der Waals surface area contributed by atoms with E-state index in [1.54, 1.807) is 6.07 Å². The van der Waals surface area contributed by atoms with E-state index in [2.05, 4.69) is 13.8 Å². The monoisotopic (exact) mass is 234 g/mol. The van der Waals surface area contributed by atoms with Crippen molar-refractivity contribution in [2.24, 2.45) is 0 Å². The predicted octanol–water partition coefficient (Wildman–Crippen LogP) is 4.46. The number of hydrogen-bond acceptors (Lipinski definition) is 1. The van der Waals surface area contributed by atoms with E-state index in [1.165, 1.54) is 24.8 Å². The molecule has 2 nitrogen and oxygen atoms in total. The van der Waals surface area contributed by atoms with Crippen molar-refractivity contribution in [3.05, 3.63) is 35.4 Å². The molecule has 2 heteroatoms. The molecular weight excluding hydrogens is 212 g/mol. The Morgan fingerprint density at radius 1 is 1.29 bits per heavy atom. The molecule has 0 aliphatic rings. The van der Waals surface area contributed by atoms with Crippen molar-refractivity contribution in [2.45, 2.75) is 51.9 Å². The van der Waals surface area contributed by atoms with Crippen LogP contribution in [0.3, 0.4) is 0 Å². The Hall–Kier alpha value is -1.31. The molecule has 0 bridgehead atoms. The van der Waals surface area contributed by atoms with Crippen LogP contribution in [0, 0.1) is 0 Å². The largest absolute Gasteiger partial charge is 0.478 e. The number of carboxylic acids is 1. The molecule has 1 unspecified atom stereocenters. The summed E-state index contributed by atoms with van der Waals surface area (Å²) in [7, 11) is 0. The molecule has 0 heterocycles. The lowest BCUT2D eigenvalue weighted by Crippen LogP contribution is -2.01. The van der Waals surface area contributed by atoms with Crippen molar-refractivity contribution >= 4 is 5.97 Å². The first-order chi connectivity index (χ1) is 8.19. The third kappa shape index (κ3) is 4.22. The SMILES string of the molecule is CCCCCC(CC)c1cccc(C(=O)O)c1. The average molecular weight is 234 g/mol. The van der Waals surface area contributed by atoms with Gasteiger partial charge in [0.2, 0.25) is 0 Å². The summed E-state index contributed by atoms with van der Waals surface area (Å²) >= 11 is 0. The Morgan fingerprint density at radius 2 is 2.06 bits per heavy atom. The lowest BCUT2D eigenvalue weighted by Gasteiger charge is -2.15. The van der Waals surface area contributed by atoms with Gasteiger partial charge in [-0.15, -0.1) is 0 Å². The highest BCUT2D eigenvalue weighted by Gasteiger charge is 2.11. The van der Waals surface area contributed by atoms with Crippen molar-refractivity contribution in [1.82, 2.24) is 0 Å². The second-order valence-electron chi connectivity index (χ2n) is 4.53. The number of aromatic carboxylic acids is 1. The van der Waals surface area contributed by atoms with Crippen molar-refractivity contribution in [3.8, 4) is 0 Å². The van der Waals surface area contributed by atoms with Crippen LogP contribution in [0.1, 0.15) is 67.8 Å². The molecule has 0 aromatic heterocycles. The zero-order valence-corrected chi connectivity index (χ0v) is 10.8. The fourth-order valence-corrected chi connectivity index (χ4v) is 2.17. The summed E-state index contributed by atoms with van der Waals surface area (Å²) in [6.45, 7) is 4.37. The zero-order valence-electron chi connectivity index (χ0n) is 10.8. The number of hydrogen-bond donors (Lipinski definition) is 1. The standard InChI is InChI=1S/C15H22O2/c1-3-5-6-8-12(4-2)13-9-7-10-14(11-13)15(16)17/h7,9-12H,3-6,8H2,1-2H3,(H,16,17). The Morgan fingerprint density at radius 3 is 2.65 bits per heavy atom. The Bertz CT molecular complexity index is 358. The molecule has 0 amide bonds. The summed E-state index contributed by atoms with van der Waals surface area (Å²) in [5, 5.41) is 8.98. The Kier molecular flexibility index (Phi) is 5.75. The minimum atomic E-state index is -0.838. The smallest absolute Gasteiger partial charge is 0.335 e. The molecule has 1 aromatic carbocycles. The molecule has 0 radical (unpaired) electrons. The first-order valence-corrected chi connectivity index (χ1v) is 6.52. The maximum atomic E-state index is 10.9. The molecule has 1 aromatic rings. The summed E-state index contributed by atoms with van der Waals surface area (Å²) in [4.78, 5) is 10.9. The number of carboxylic acid groups (broad SMARTS) is 1. The van der Waals surface area contributed by atoms with Gasteiger partial charge in [0.25, 0.3) is 0 Å². The van der Waals surface area contributed by atoms with Crippen molar-refractivity contribution in [1.29, 1.82) is 0 Å². The fourth-order valence-electron chi connectivity index (χ4n) is 2.17. The highest BCUT2D eigenvalue weighted by Crippen LogP contribution is 2.26. The average Bonchev–Trinajstić information content (AvgIpc) is 2.35. The molecule has 0 fully saturated rings. The van der Waals surface area contributed by atoms with Gasteiger partial charge in [-0.25, -0.2) is 4.79 Å². The van der Waals surface area contributed by atoms with Crippen LogP contribution >= 0.6 is 0 Å². The summed E-state index contributed by atoms with van der Waals surface area (Å²) in [6, 6.07) is 7.38. The molecule has 1 atom stereocenters. The van der Waals surface area contributed by atoms with E-state index in [0.717, 1.165) is 12.8 Å². The van der Waals surface area contributed by atoms with E-state index in [0.29, 0.717) is 11.5 Å². The molecule has 0 spiro atoms. The third-order valence-corrected chi connectivity index (χ3v) is 3.25. The van der Waals surface area contributed by atoms with Crippen molar-refractivity contribution < 1.29 is 9.90 Å². The van der Waals surface area contributed by atoms with Crippen LogP contribution in [0.2, 0.25) is 0 Å². The Labute approximate surface area is 104 Å². The van der Waals surface area contributed by atoms with Gasteiger partial charge < -0.3 is 5.11 Å².